The van der Waals surface area contributed by atoms with E-state index in [9.17, 15) is 23.1 Å². The van der Waals surface area contributed by atoms with Crippen LogP contribution in [0.15, 0.2) is 46.1 Å². The fourth-order valence-electron chi connectivity index (χ4n) is 3.09. The number of benzene rings is 1. The molecule has 0 saturated carbocycles. The molecule has 0 fully saturated rings. The minimum absolute atomic E-state index is 0.0824. The van der Waals surface area contributed by atoms with Gasteiger partial charge in [0.25, 0.3) is 5.91 Å². The molecular weight excluding hydrogens is 370 g/mol. The van der Waals surface area contributed by atoms with Crippen LogP contribution in [0.4, 0.5) is 0 Å². The quantitative estimate of drug-likeness (QED) is 0.787. The van der Waals surface area contributed by atoms with Gasteiger partial charge < -0.3 is 14.6 Å². The smallest absolute Gasteiger partial charge is 0.274 e. The van der Waals surface area contributed by atoms with E-state index in [0.717, 1.165) is 6.07 Å². The summed E-state index contributed by atoms with van der Waals surface area (Å²) in [5.41, 5.74) is -0.491. The molecule has 9 heteroatoms. The number of carbonyl (C=O) groups is 1. The van der Waals surface area contributed by atoms with Gasteiger partial charge in [-0.25, -0.2) is 13.1 Å². The number of nitrogens with one attached hydrogen (secondary N) is 1. The van der Waals surface area contributed by atoms with Crippen molar-refractivity contribution in [3.8, 4) is 5.75 Å². The van der Waals surface area contributed by atoms with Crippen LogP contribution in [0.3, 0.4) is 0 Å². The highest BCUT2D eigenvalue weighted by Crippen LogP contribution is 2.23. The SMILES string of the molecule is CC(C)N1CCn2c(CNS(=O)(=O)c3ccccc3)cc(=O)c(O)c2C1=O. The zero-order valence-electron chi connectivity index (χ0n) is 15.0. The summed E-state index contributed by atoms with van der Waals surface area (Å²) in [7, 11) is -3.77. The van der Waals surface area contributed by atoms with Gasteiger partial charge in [0.1, 0.15) is 0 Å². The van der Waals surface area contributed by atoms with E-state index in [-0.39, 0.29) is 23.2 Å². The molecule has 0 bridgehead atoms. The van der Waals surface area contributed by atoms with Crippen molar-refractivity contribution < 1.29 is 18.3 Å². The highest BCUT2D eigenvalue weighted by Gasteiger charge is 2.31. The monoisotopic (exact) mass is 391 g/mol. The standard InChI is InChI=1S/C18H21N3O5S/c1-12(2)20-8-9-21-13(10-15(22)17(23)16(21)18(20)24)11-19-27(25,26)14-6-4-3-5-7-14/h3-7,10,12,19,23H,8-9,11H2,1-2H3. The number of fused-ring (bicyclic) bond motifs is 1. The van der Waals surface area contributed by atoms with Crippen LogP contribution < -0.4 is 10.2 Å². The molecule has 2 heterocycles. The summed E-state index contributed by atoms with van der Waals surface area (Å²) in [5.74, 6) is -1.06. The highest BCUT2D eigenvalue weighted by molar-refractivity contribution is 7.89. The second-order valence-electron chi connectivity index (χ2n) is 6.58. The summed E-state index contributed by atoms with van der Waals surface area (Å²) in [6.07, 6.45) is 0. The predicted molar refractivity (Wildman–Crippen MR) is 99.0 cm³/mol. The average molecular weight is 391 g/mol. The Morgan fingerprint density at radius 1 is 1.15 bits per heavy atom. The van der Waals surface area contributed by atoms with Crippen molar-refractivity contribution in [2.75, 3.05) is 6.54 Å². The van der Waals surface area contributed by atoms with Crippen LogP contribution in [0.1, 0.15) is 30.0 Å². The molecule has 1 aromatic carbocycles. The number of rotatable bonds is 5. The van der Waals surface area contributed by atoms with Gasteiger partial charge in [0.05, 0.1) is 11.4 Å². The lowest BCUT2D eigenvalue weighted by Gasteiger charge is -2.34. The van der Waals surface area contributed by atoms with Crippen LogP contribution in [0.2, 0.25) is 0 Å². The first kappa shape index (κ1) is 19.1. The van der Waals surface area contributed by atoms with Gasteiger partial charge in [-0.05, 0) is 26.0 Å². The minimum atomic E-state index is -3.77. The lowest BCUT2D eigenvalue weighted by Crippen LogP contribution is -2.46. The van der Waals surface area contributed by atoms with Crippen molar-refractivity contribution in [1.82, 2.24) is 14.2 Å². The lowest BCUT2D eigenvalue weighted by molar-refractivity contribution is 0.0639. The van der Waals surface area contributed by atoms with Crippen LogP contribution in [-0.4, -0.2) is 41.5 Å². The summed E-state index contributed by atoms with van der Waals surface area (Å²) in [4.78, 5) is 26.5. The van der Waals surface area contributed by atoms with Gasteiger partial charge in [-0.3, -0.25) is 9.59 Å². The topological polar surface area (TPSA) is 109 Å². The molecule has 2 aromatic rings. The Morgan fingerprint density at radius 3 is 2.44 bits per heavy atom. The van der Waals surface area contributed by atoms with E-state index in [1.54, 1.807) is 23.1 Å². The number of hydrogen-bond acceptors (Lipinski definition) is 5. The Balaban J connectivity index is 1.96. The fraction of sp³-hybridized carbons (Fsp3) is 0.333. The number of carbonyl (C=O) groups excluding carboxylic acids is 1. The van der Waals surface area contributed by atoms with E-state index in [0.29, 0.717) is 18.8 Å². The zero-order valence-corrected chi connectivity index (χ0v) is 15.9. The van der Waals surface area contributed by atoms with Crippen LogP contribution in [0.5, 0.6) is 5.75 Å². The van der Waals surface area contributed by atoms with Gasteiger partial charge >= 0.3 is 0 Å². The minimum Gasteiger partial charge on any atom is -0.503 e. The number of aromatic nitrogens is 1. The first-order valence-electron chi connectivity index (χ1n) is 8.53. The van der Waals surface area contributed by atoms with Crippen LogP contribution in [-0.2, 0) is 23.1 Å². The molecule has 1 aliphatic rings. The van der Waals surface area contributed by atoms with Crippen LogP contribution in [0, 0.1) is 0 Å². The van der Waals surface area contributed by atoms with E-state index in [1.165, 1.54) is 16.7 Å². The first-order valence-corrected chi connectivity index (χ1v) is 10.0. The van der Waals surface area contributed by atoms with Crippen molar-refractivity contribution in [2.45, 2.75) is 37.9 Å². The molecule has 0 unspecified atom stereocenters. The predicted octanol–water partition coefficient (Wildman–Crippen LogP) is 0.897. The molecule has 8 nitrogen and oxygen atoms in total. The van der Waals surface area contributed by atoms with E-state index in [4.69, 9.17) is 0 Å². The second-order valence-corrected chi connectivity index (χ2v) is 8.35. The van der Waals surface area contributed by atoms with E-state index in [2.05, 4.69) is 4.72 Å². The number of amides is 1. The van der Waals surface area contributed by atoms with Gasteiger partial charge in [-0.1, -0.05) is 18.2 Å². The average Bonchev–Trinajstić information content (AvgIpc) is 2.64. The maximum Gasteiger partial charge on any atom is 0.274 e. The third-order valence-electron chi connectivity index (χ3n) is 4.52. The molecule has 0 spiro atoms. The van der Waals surface area contributed by atoms with Crippen molar-refractivity contribution in [3.05, 3.63) is 58.0 Å². The molecule has 0 radical (unpaired) electrons. The highest BCUT2D eigenvalue weighted by atomic mass is 32.2. The summed E-state index contributed by atoms with van der Waals surface area (Å²) in [6, 6.07) is 8.93. The Bertz CT molecular complexity index is 1030. The largest absolute Gasteiger partial charge is 0.503 e. The Morgan fingerprint density at radius 2 is 1.81 bits per heavy atom. The molecule has 0 aliphatic carbocycles. The molecule has 1 aromatic heterocycles. The van der Waals surface area contributed by atoms with E-state index < -0.39 is 27.1 Å². The molecular formula is C18H21N3O5S. The maximum atomic E-state index is 12.7. The Hall–Kier alpha value is -2.65. The Labute approximate surface area is 157 Å². The van der Waals surface area contributed by atoms with Crippen LogP contribution >= 0.6 is 0 Å². The molecule has 1 aliphatic heterocycles. The van der Waals surface area contributed by atoms with Gasteiger partial charge in [-0.15, -0.1) is 0 Å². The first-order chi connectivity index (χ1) is 12.7. The number of pyridine rings is 1. The van der Waals surface area contributed by atoms with Crippen molar-refractivity contribution in [2.24, 2.45) is 0 Å². The summed E-state index contributed by atoms with van der Waals surface area (Å²) >= 11 is 0. The van der Waals surface area contributed by atoms with Gasteiger partial charge in [0.2, 0.25) is 15.5 Å². The van der Waals surface area contributed by atoms with Gasteiger partial charge in [0, 0.05) is 30.9 Å². The molecule has 3 rings (SSSR count). The van der Waals surface area contributed by atoms with Gasteiger partial charge in [0.15, 0.2) is 11.4 Å². The zero-order chi connectivity index (χ0) is 19.8. The van der Waals surface area contributed by atoms with Crippen molar-refractivity contribution >= 4 is 15.9 Å². The molecule has 144 valence electrons. The summed E-state index contributed by atoms with van der Waals surface area (Å²) < 4.78 is 28.8. The molecule has 0 saturated heterocycles. The van der Waals surface area contributed by atoms with Crippen molar-refractivity contribution in [1.29, 1.82) is 0 Å². The number of nitrogens with zero attached hydrogens (tertiary/aromatic N) is 2. The number of aromatic hydroxyl groups is 1. The number of sulfonamides is 1. The fourth-order valence-corrected chi connectivity index (χ4v) is 4.11. The second kappa shape index (κ2) is 7.16. The molecule has 2 N–H and O–H groups in total. The number of hydrogen-bond donors (Lipinski definition) is 2. The normalized spacial score (nSPS) is 14.5. The third-order valence-corrected chi connectivity index (χ3v) is 5.94. The van der Waals surface area contributed by atoms with Gasteiger partial charge in [-0.2, -0.15) is 0 Å². The van der Waals surface area contributed by atoms with Crippen molar-refractivity contribution in [3.63, 3.8) is 0 Å². The lowest BCUT2D eigenvalue weighted by atomic mass is 10.1. The summed E-state index contributed by atoms with van der Waals surface area (Å²) in [5, 5.41) is 10.1. The molecule has 27 heavy (non-hydrogen) atoms. The molecule has 0 atom stereocenters. The van der Waals surface area contributed by atoms with Crippen LogP contribution in [0.25, 0.3) is 0 Å². The molecule has 1 amide bonds. The van der Waals surface area contributed by atoms with E-state index >= 15 is 0 Å². The third kappa shape index (κ3) is 3.60. The summed E-state index contributed by atoms with van der Waals surface area (Å²) in [6.45, 7) is 4.29. The van der Waals surface area contributed by atoms with E-state index in [1.807, 2.05) is 13.8 Å². The maximum absolute atomic E-state index is 12.7. The Kier molecular flexibility index (Phi) is 5.07.